The molecule has 0 bridgehead atoms. The summed E-state index contributed by atoms with van der Waals surface area (Å²) in [6.45, 7) is 10.9. The quantitative estimate of drug-likeness (QED) is 0.692. The van der Waals surface area contributed by atoms with Gasteiger partial charge in [-0.3, -0.25) is 4.79 Å². The van der Waals surface area contributed by atoms with Crippen LogP contribution in [0, 0.1) is 0 Å². The zero-order valence-electron chi connectivity index (χ0n) is 12.6. The minimum atomic E-state index is 0.0243. The number of carbonyl (C=O) groups is 1. The Balaban J connectivity index is 2.53. The van der Waals surface area contributed by atoms with E-state index >= 15 is 0 Å². The van der Waals surface area contributed by atoms with E-state index in [-0.39, 0.29) is 5.91 Å². The molecule has 0 unspecified atom stereocenters. The van der Waals surface area contributed by atoms with Crippen LogP contribution in [0.4, 0.5) is 0 Å². The molecule has 1 aromatic heterocycles. The number of amides is 1. The summed E-state index contributed by atoms with van der Waals surface area (Å²) in [5.74, 6) is 0.0243. The van der Waals surface area contributed by atoms with Gasteiger partial charge in [-0.05, 0) is 45.1 Å². The molecule has 0 radical (unpaired) electrons. The molecule has 0 aromatic carbocycles. The van der Waals surface area contributed by atoms with E-state index in [9.17, 15) is 4.79 Å². The predicted octanol–water partition coefficient (Wildman–Crippen LogP) is 2.93. The van der Waals surface area contributed by atoms with Gasteiger partial charge in [-0.15, -0.1) is 0 Å². The lowest BCUT2D eigenvalue weighted by Crippen LogP contribution is -2.34. The van der Waals surface area contributed by atoms with Crippen molar-refractivity contribution in [2.24, 2.45) is 0 Å². The molecular formula is C15H24ClN3O. The Kier molecular flexibility index (Phi) is 7.55. The molecule has 0 saturated heterocycles. The van der Waals surface area contributed by atoms with E-state index in [1.165, 1.54) is 6.20 Å². The average molecular weight is 298 g/mol. The number of nitrogens with zero attached hydrogens (tertiary/aromatic N) is 3. The second kappa shape index (κ2) is 8.93. The third-order valence-electron chi connectivity index (χ3n) is 3.44. The molecular weight excluding hydrogens is 274 g/mol. The van der Waals surface area contributed by atoms with Crippen LogP contribution in [0.25, 0.3) is 0 Å². The second-order valence-electron chi connectivity index (χ2n) is 4.63. The maximum Gasteiger partial charge on any atom is 0.255 e. The van der Waals surface area contributed by atoms with Crippen LogP contribution < -0.4 is 0 Å². The fourth-order valence-electron chi connectivity index (χ4n) is 2.11. The number of carbonyl (C=O) groups excluding carboxylic acids is 1. The predicted molar refractivity (Wildman–Crippen MR) is 83.2 cm³/mol. The van der Waals surface area contributed by atoms with Crippen molar-refractivity contribution in [1.29, 1.82) is 0 Å². The molecule has 1 amide bonds. The van der Waals surface area contributed by atoms with Gasteiger partial charge in [-0.2, -0.15) is 0 Å². The maximum absolute atomic E-state index is 12.3. The number of halogens is 1. The second-order valence-corrected chi connectivity index (χ2v) is 5.02. The molecule has 1 aromatic rings. The monoisotopic (exact) mass is 297 g/mol. The Hall–Kier alpha value is -1.13. The first-order chi connectivity index (χ1) is 9.62. The molecule has 1 heterocycles. The Bertz CT molecular complexity index is 404. The average Bonchev–Trinajstić information content (AvgIpc) is 2.48. The zero-order chi connectivity index (χ0) is 15.0. The van der Waals surface area contributed by atoms with Crippen LogP contribution in [0.5, 0.6) is 0 Å². The lowest BCUT2D eigenvalue weighted by molar-refractivity contribution is 0.0757. The van der Waals surface area contributed by atoms with Crippen LogP contribution in [0.3, 0.4) is 0 Å². The van der Waals surface area contributed by atoms with Crippen molar-refractivity contribution < 1.29 is 4.79 Å². The van der Waals surface area contributed by atoms with Crippen molar-refractivity contribution in [3.63, 3.8) is 0 Å². The van der Waals surface area contributed by atoms with E-state index in [2.05, 4.69) is 23.7 Å². The Labute approximate surface area is 126 Å². The smallest absolute Gasteiger partial charge is 0.255 e. The SMILES string of the molecule is CCN(CC)CCCN(CC)C(=O)c1ccc(Cl)nc1. The standard InChI is InChI=1S/C15H24ClN3O/c1-4-18(5-2)10-7-11-19(6-3)15(20)13-8-9-14(16)17-12-13/h8-9,12H,4-7,10-11H2,1-3H3. The van der Waals surface area contributed by atoms with Crippen LogP contribution >= 0.6 is 11.6 Å². The summed E-state index contributed by atoms with van der Waals surface area (Å²) in [5, 5.41) is 0.408. The summed E-state index contributed by atoms with van der Waals surface area (Å²) >= 11 is 5.74. The maximum atomic E-state index is 12.3. The summed E-state index contributed by atoms with van der Waals surface area (Å²) in [5.41, 5.74) is 0.596. The van der Waals surface area contributed by atoms with Gasteiger partial charge < -0.3 is 9.80 Å². The van der Waals surface area contributed by atoms with Crippen molar-refractivity contribution in [1.82, 2.24) is 14.8 Å². The number of rotatable bonds is 8. The highest BCUT2D eigenvalue weighted by atomic mass is 35.5. The third-order valence-corrected chi connectivity index (χ3v) is 3.66. The lowest BCUT2D eigenvalue weighted by atomic mass is 10.2. The van der Waals surface area contributed by atoms with Crippen molar-refractivity contribution >= 4 is 17.5 Å². The summed E-state index contributed by atoms with van der Waals surface area (Å²) in [4.78, 5) is 20.5. The van der Waals surface area contributed by atoms with E-state index in [0.29, 0.717) is 17.3 Å². The van der Waals surface area contributed by atoms with Gasteiger partial charge in [0.05, 0.1) is 5.56 Å². The van der Waals surface area contributed by atoms with Crippen LogP contribution in [0.15, 0.2) is 18.3 Å². The molecule has 0 atom stereocenters. The summed E-state index contributed by atoms with van der Waals surface area (Å²) in [6.07, 6.45) is 2.53. The number of hydrogen-bond donors (Lipinski definition) is 0. The fourth-order valence-corrected chi connectivity index (χ4v) is 2.22. The van der Waals surface area contributed by atoms with Crippen molar-refractivity contribution in [2.45, 2.75) is 27.2 Å². The summed E-state index contributed by atoms with van der Waals surface area (Å²) < 4.78 is 0. The highest BCUT2D eigenvalue weighted by Gasteiger charge is 2.14. The van der Waals surface area contributed by atoms with Crippen LogP contribution in [-0.2, 0) is 0 Å². The lowest BCUT2D eigenvalue weighted by Gasteiger charge is -2.23. The van der Waals surface area contributed by atoms with Gasteiger partial charge in [0, 0.05) is 19.3 Å². The van der Waals surface area contributed by atoms with Crippen molar-refractivity contribution in [2.75, 3.05) is 32.7 Å². The molecule has 4 nitrogen and oxygen atoms in total. The van der Waals surface area contributed by atoms with Gasteiger partial charge in [-0.1, -0.05) is 25.4 Å². The molecule has 0 aliphatic rings. The first kappa shape index (κ1) is 16.9. The summed E-state index contributed by atoms with van der Waals surface area (Å²) in [6, 6.07) is 3.38. The van der Waals surface area contributed by atoms with E-state index < -0.39 is 0 Å². The van der Waals surface area contributed by atoms with Crippen LogP contribution in [0.1, 0.15) is 37.6 Å². The molecule has 112 valence electrons. The third kappa shape index (κ3) is 5.10. The number of hydrogen-bond acceptors (Lipinski definition) is 3. The van der Waals surface area contributed by atoms with Gasteiger partial charge in [0.15, 0.2) is 0 Å². The highest BCUT2D eigenvalue weighted by molar-refractivity contribution is 6.29. The van der Waals surface area contributed by atoms with E-state index in [1.807, 2.05) is 11.8 Å². The zero-order valence-corrected chi connectivity index (χ0v) is 13.4. The first-order valence-corrected chi connectivity index (χ1v) is 7.63. The molecule has 0 aliphatic heterocycles. The van der Waals surface area contributed by atoms with E-state index in [4.69, 9.17) is 11.6 Å². The van der Waals surface area contributed by atoms with E-state index in [0.717, 1.165) is 32.6 Å². The van der Waals surface area contributed by atoms with Gasteiger partial charge in [0.25, 0.3) is 5.91 Å². The molecule has 0 N–H and O–H groups in total. The Morgan fingerprint density at radius 3 is 2.35 bits per heavy atom. The van der Waals surface area contributed by atoms with Gasteiger partial charge in [-0.25, -0.2) is 4.98 Å². The molecule has 1 rings (SSSR count). The Morgan fingerprint density at radius 1 is 1.15 bits per heavy atom. The number of pyridine rings is 1. The van der Waals surface area contributed by atoms with Crippen LogP contribution in [0.2, 0.25) is 5.15 Å². The minimum absolute atomic E-state index is 0.0243. The topological polar surface area (TPSA) is 36.4 Å². The number of aromatic nitrogens is 1. The molecule has 20 heavy (non-hydrogen) atoms. The molecule has 0 aliphatic carbocycles. The normalized spacial score (nSPS) is 10.8. The van der Waals surface area contributed by atoms with Gasteiger partial charge in [0.1, 0.15) is 5.15 Å². The van der Waals surface area contributed by atoms with Gasteiger partial charge in [0.2, 0.25) is 0 Å². The molecule has 0 spiro atoms. The molecule has 0 saturated carbocycles. The van der Waals surface area contributed by atoms with Crippen molar-refractivity contribution in [3.05, 3.63) is 29.0 Å². The summed E-state index contributed by atoms with van der Waals surface area (Å²) in [7, 11) is 0. The van der Waals surface area contributed by atoms with Crippen molar-refractivity contribution in [3.8, 4) is 0 Å². The fraction of sp³-hybridized carbons (Fsp3) is 0.600. The first-order valence-electron chi connectivity index (χ1n) is 7.25. The Morgan fingerprint density at radius 2 is 1.85 bits per heavy atom. The minimum Gasteiger partial charge on any atom is -0.339 e. The highest BCUT2D eigenvalue weighted by Crippen LogP contribution is 2.08. The largest absolute Gasteiger partial charge is 0.339 e. The van der Waals surface area contributed by atoms with Gasteiger partial charge >= 0.3 is 0 Å². The van der Waals surface area contributed by atoms with Crippen LogP contribution in [-0.4, -0.2) is 53.4 Å². The molecule has 0 fully saturated rings. The molecule has 5 heteroatoms. The van der Waals surface area contributed by atoms with E-state index in [1.54, 1.807) is 12.1 Å².